The lowest BCUT2D eigenvalue weighted by atomic mass is 10.1. The van der Waals surface area contributed by atoms with Crippen LogP contribution in [-0.2, 0) is 26.2 Å². The van der Waals surface area contributed by atoms with E-state index in [0.29, 0.717) is 12.2 Å². The normalized spacial score (nSPS) is 12.0. The first-order chi connectivity index (χ1) is 18.5. The fraction of sp³-hybridized carbons (Fsp3) is 0.355. The Morgan fingerprint density at radius 3 is 2.23 bits per heavy atom. The smallest absolute Gasteiger partial charge is 0.264 e. The number of aryl methyl sites for hydroxylation is 3. The number of rotatable bonds is 12. The van der Waals surface area contributed by atoms with Crippen molar-refractivity contribution in [2.24, 2.45) is 0 Å². The van der Waals surface area contributed by atoms with Crippen molar-refractivity contribution in [1.29, 1.82) is 0 Å². The van der Waals surface area contributed by atoms with Gasteiger partial charge in [0.15, 0.2) is 0 Å². The SMILES string of the molecule is CCCCNC(=O)[C@@H](C)N(Cc1cccc(C)c1)C(=O)CN(c1ccccc1C)S(=O)(=O)c1ccc(C)cc1. The van der Waals surface area contributed by atoms with Gasteiger partial charge in [0.1, 0.15) is 12.6 Å². The zero-order valence-corrected chi connectivity index (χ0v) is 24.3. The molecule has 0 spiro atoms. The van der Waals surface area contributed by atoms with Crippen molar-refractivity contribution >= 4 is 27.5 Å². The van der Waals surface area contributed by atoms with Crippen LogP contribution in [0.3, 0.4) is 0 Å². The number of benzene rings is 3. The van der Waals surface area contributed by atoms with Crippen molar-refractivity contribution in [2.45, 2.75) is 64.9 Å². The van der Waals surface area contributed by atoms with E-state index in [1.807, 2.05) is 64.1 Å². The first kappa shape index (κ1) is 29.9. The lowest BCUT2D eigenvalue weighted by Gasteiger charge is -2.32. The van der Waals surface area contributed by atoms with Gasteiger partial charge in [0.25, 0.3) is 10.0 Å². The molecule has 2 amide bonds. The number of anilines is 1. The minimum absolute atomic E-state index is 0.0970. The molecule has 0 unspecified atom stereocenters. The Bertz CT molecular complexity index is 1390. The fourth-order valence-electron chi connectivity index (χ4n) is 4.32. The molecule has 8 heteroatoms. The highest BCUT2D eigenvalue weighted by atomic mass is 32.2. The maximum absolute atomic E-state index is 14.0. The summed E-state index contributed by atoms with van der Waals surface area (Å²) in [5.74, 6) is -0.734. The van der Waals surface area contributed by atoms with Crippen molar-refractivity contribution in [3.8, 4) is 0 Å². The molecule has 0 aliphatic heterocycles. The number of hydrogen-bond acceptors (Lipinski definition) is 4. The van der Waals surface area contributed by atoms with Crippen molar-refractivity contribution in [3.63, 3.8) is 0 Å². The third-order valence-corrected chi connectivity index (χ3v) is 8.48. The molecule has 0 saturated carbocycles. The summed E-state index contributed by atoms with van der Waals surface area (Å²) in [4.78, 5) is 28.6. The van der Waals surface area contributed by atoms with Crippen LogP contribution in [0.5, 0.6) is 0 Å². The molecule has 3 aromatic rings. The summed E-state index contributed by atoms with van der Waals surface area (Å²) in [6.45, 7) is 9.63. The number of nitrogens with zero attached hydrogens (tertiary/aromatic N) is 2. The standard InChI is InChI=1S/C31H39N3O4S/c1-6-7-19-32-31(36)26(5)33(21-27-13-10-11-24(3)20-27)30(35)22-34(29-14-9-8-12-25(29)4)39(37,38)28-17-15-23(2)16-18-28/h8-18,20,26H,6-7,19,21-22H2,1-5H3,(H,32,36)/t26-/m1/s1. The van der Waals surface area contributed by atoms with Crippen molar-refractivity contribution in [3.05, 3.63) is 95.1 Å². The van der Waals surface area contributed by atoms with E-state index in [9.17, 15) is 18.0 Å². The number of carbonyl (C=O) groups excluding carboxylic acids is 2. The molecule has 0 saturated heterocycles. The van der Waals surface area contributed by atoms with Crippen molar-refractivity contribution in [1.82, 2.24) is 10.2 Å². The highest BCUT2D eigenvalue weighted by molar-refractivity contribution is 7.92. The molecule has 0 fully saturated rings. The lowest BCUT2D eigenvalue weighted by Crippen LogP contribution is -2.51. The summed E-state index contributed by atoms with van der Waals surface area (Å²) < 4.78 is 29.0. The van der Waals surface area contributed by atoms with Gasteiger partial charge in [-0.1, -0.05) is 79.1 Å². The Kier molecular flexibility index (Phi) is 10.3. The molecular formula is C31H39N3O4S. The van der Waals surface area contributed by atoms with Gasteiger partial charge in [0, 0.05) is 13.1 Å². The number of para-hydroxylation sites is 1. The zero-order chi connectivity index (χ0) is 28.6. The van der Waals surface area contributed by atoms with Gasteiger partial charge in [0.2, 0.25) is 11.8 Å². The minimum atomic E-state index is -4.08. The first-order valence-electron chi connectivity index (χ1n) is 13.3. The van der Waals surface area contributed by atoms with Gasteiger partial charge < -0.3 is 10.2 Å². The molecule has 1 N–H and O–H groups in total. The van der Waals surface area contributed by atoms with Crippen LogP contribution >= 0.6 is 0 Å². The van der Waals surface area contributed by atoms with E-state index in [2.05, 4.69) is 5.32 Å². The van der Waals surface area contributed by atoms with Gasteiger partial charge >= 0.3 is 0 Å². The summed E-state index contributed by atoms with van der Waals surface area (Å²) in [6, 6.07) is 20.6. The van der Waals surface area contributed by atoms with E-state index in [1.165, 1.54) is 4.90 Å². The fourth-order valence-corrected chi connectivity index (χ4v) is 5.80. The molecule has 39 heavy (non-hydrogen) atoms. The number of nitrogens with one attached hydrogen (secondary N) is 1. The number of carbonyl (C=O) groups is 2. The molecule has 3 rings (SSSR count). The van der Waals surface area contributed by atoms with Crippen LogP contribution < -0.4 is 9.62 Å². The maximum Gasteiger partial charge on any atom is 0.264 e. The molecule has 0 radical (unpaired) electrons. The summed E-state index contributed by atoms with van der Waals surface area (Å²) in [7, 11) is -4.08. The van der Waals surface area contributed by atoms with Gasteiger partial charge in [-0.25, -0.2) is 8.42 Å². The third kappa shape index (κ3) is 7.69. The largest absolute Gasteiger partial charge is 0.354 e. The van der Waals surface area contributed by atoms with E-state index in [4.69, 9.17) is 0 Å². The molecule has 0 aliphatic rings. The minimum Gasteiger partial charge on any atom is -0.354 e. The lowest BCUT2D eigenvalue weighted by molar-refractivity contribution is -0.139. The number of amides is 2. The predicted octanol–water partition coefficient (Wildman–Crippen LogP) is 5.14. The van der Waals surface area contributed by atoms with E-state index in [-0.39, 0.29) is 17.3 Å². The van der Waals surface area contributed by atoms with Crippen LogP contribution in [0, 0.1) is 20.8 Å². The summed E-state index contributed by atoms with van der Waals surface area (Å²) in [5.41, 5.74) is 3.96. The van der Waals surface area contributed by atoms with E-state index in [0.717, 1.165) is 39.4 Å². The zero-order valence-electron chi connectivity index (χ0n) is 23.5. The average Bonchev–Trinajstić information content (AvgIpc) is 2.90. The molecule has 0 heterocycles. The van der Waals surface area contributed by atoms with Gasteiger partial charge in [-0.15, -0.1) is 0 Å². The molecule has 0 bridgehead atoms. The number of unbranched alkanes of at least 4 members (excludes halogenated alkanes) is 1. The Morgan fingerprint density at radius 2 is 1.59 bits per heavy atom. The Morgan fingerprint density at radius 1 is 0.897 bits per heavy atom. The van der Waals surface area contributed by atoms with Crippen molar-refractivity contribution < 1.29 is 18.0 Å². The van der Waals surface area contributed by atoms with Gasteiger partial charge in [-0.05, 0) is 63.4 Å². The number of sulfonamides is 1. The molecule has 3 aromatic carbocycles. The molecule has 1 atom stereocenters. The molecular weight excluding hydrogens is 510 g/mol. The quantitative estimate of drug-likeness (QED) is 0.317. The maximum atomic E-state index is 14.0. The van der Waals surface area contributed by atoms with Crippen LogP contribution in [0.1, 0.15) is 48.9 Å². The number of hydrogen-bond donors (Lipinski definition) is 1. The summed E-state index contributed by atoms with van der Waals surface area (Å²) in [6.07, 6.45) is 1.77. The second kappa shape index (κ2) is 13.4. The monoisotopic (exact) mass is 549 g/mol. The van der Waals surface area contributed by atoms with E-state index < -0.39 is 28.5 Å². The molecule has 208 valence electrons. The van der Waals surface area contributed by atoms with Crippen LogP contribution in [0.4, 0.5) is 5.69 Å². The summed E-state index contributed by atoms with van der Waals surface area (Å²) >= 11 is 0. The predicted molar refractivity (Wildman–Crippen MR) is 156 cm³/mol. The van der Waals surface area contributed by atoms with Gasteiger partial charge in [0.05, 0.1) is 10.6 Å². The van der Waals surface area contributed by atoms with Crippen LogP contribution in [0.25, 0.3) is 0 Å². The third-order valence-electron chi connectivity index (χ3n) is 6.70. The second-order valence-electron chi connectivity index (χ2n) is 9.94. The average molecular weight is 550 g/mol. The van der Waals surface area contributed by atoms with Crippen LogP contribution in [0.15, 0.2) is 77.7 Å². The highest BCUT2D eigenvalue weighted by Gasteiger charge is 2.33. The molecule has 0 aliphatic carbocycles. The highest BCUT2D eigenvalue weighted by Crippen LogP contribution is 2.27. The molecule has 7 nitrogen and oxygen atoms in total. The molecule has 0 aromatic heterocycles. The first-order valence-corrected chi connectivity index (χ1v) is 14.8. The van der Waals surface area contributed by atoms with Crippen molar-refractivity contribution in [2.75, 3.05) is 17.4 Å². The second-order valence-corrected chi connectivity index (χ2v) is 11.8. The van der Waals surface area contributed by atoms with E-state index in [1.54, 1.807) is 43.3 Å². The van der Waals surface area contributed by atoms with Crippen LogP contribution in [0.2, 0.25) is 0 Å². The Labute approximate surface area is 232 Å². The van der Waals surface area contributed by atoms with Gasteiger partial charge in [-0.3, -0.25) is 13.9 Å². The topological polar surface area (TPSA) is 86.8 Å². The van der Waals surface area contributed by atoms with Crippen LogP contribution in [-0.4, -0.2) is 44.3 Å². The van der Waals surface area contributed by atoms with Gasteiger partial charge in [-0.2, -0.15) is 0 Å². The van der Waals surface area contributed by atoms with E-state index >= 15 is 0 Å². The Hall–Kier alpha value is -3.65. The Balaban J connectivity index is 2.01. The summed E-state index contributed by atoms with van der Waals surface area (Å²) in [5, 5.41) is 2.91.